The Kier molecular flexibility index (Phi) is 4.76. The summed E-state index contributed by atoms with van der Waals surface area (Å²) in [4.78, 5) is 39.5. The number of imide groups is 1. The Morgan fingerprint density at radius 1 is 1.44 bits per heavy atom. The van der Waals surface area contributed by atoms with Crippen LogP contribution < -0.4 is 5.32 Å². The molecule has 9 heteroatoms. The lowest BCUT2D eigenvalue weighted by molar-refractivity contribution is -0.139. The van der Waals surface area contributed by atoms with Gasteiger partial charge in [-0.05, 0) is 26.3 Å². The molecule has 1 N–H and O–H groups in total. The van der Waals surface area contributed by atoms with Gasteiger partial charge < -0.3 is 15.0 Å². The van der Waals surface area contributed by atoms with E-state index < -0.39 is 11.6 Å². The largest absolute Gasteiger partial charge is 0.374 e. The highest BCUT2D eigenvalue weighted by atomic mass is 16.5. The molecule has 136 valence electrons. The number of carbonyl (C=O) groups excluding carboxylic acids is 3. The van der Waals surface area contributed by atoms with Crippen LogP contribution in [0.1, 0.15) is 20.3 Å². The van der Waals surface area contributed by atoms with E-state index in [4.69, 9.17) is 4.74 Å². The fraction of sp³-hybridized carbons (Fsp3) is 0.625. The van der Waals surface area contributed by atoms with E-state index in [0.29, 0.717) is 32.7 Å². The molecule has 2 saturated heterocycles. The zero-order valence-corrected chi connectivity index (χ0v) is 14.5. The molecule has 0 bridgehead atoms. The summed E-state index contributed by atoms with van der Waals surface area (Å²) in [7, 11) is 0. The van der Waals surface area contributed by atoms with E-state index in [1.54, 1.807) is 29.6 Å². The molecule has 4 amide bonds. The van der Waals surface area contributed by atoms with Gasteiger partial charge in [0.25, 0.3) is 5.91 Å². The van der Waals surface area contributed by atoms with Crippen molar-refractivity contribution in [1.29, 1.82) is 0 Å². The highest BCUT2D eigenvalue weighted by Crippen LogP contribution is 2.17. The lowest BCUT2D eigenvalue weighted by atomic mass is 10.1. The number of nitrogens with one attached hydrogen (secondary N) is 1. The summed E-state index contributed by atoms with van der Waals surface area (Å²) >= 11 is 0. The van der Waals surface area contributed by atoms with E-state index in [2.05, 4.69) is 10.4 Å². The maximum atomic E-state index is 12.6. The minimum Gasteiger partial charge on any atom is -0.374 e. The molecule has 0 radical (unpaired) electrons. The number of nitrogens with zero attached hydrogens (tertiary/aromatic N) is 4. The van der Waals surface area contributed by atoms with Crippen molar-refractivity contribution >= 4 is 17.8 Å². The zero-order chi connectivity index (χ0) is 18.0. The van der Waals surface area contributed by atoms with Crippen molar-refractivity contribution in [3.8, 4) is 0 Å². The van der Waals surface area contributed by atoms with Crippen LogP contribution in [0, 0.1) is 0 Å². The second-order valence-electron chi connectivity index (χ2n) is 6.86. The molecular formula is C16H23N5O4. The maximum Gasteiger partial charge on any atom is 0.325 e. The summed E-state index contributed by atoms with van der Waals surface area (Å²) in [6, 6.07) is 1.31. The molecule has 2 aliphatic rings. The van der Waals surface area contributed by atoms with Crippen molar-refractivity contribution in [3.05, 3.63) is 18.5 Å². The SMILES string of the molecule is CC1(C)NC(=O)N(CC(=O)N2CCCOC(Cn3cccn3)C2)C1=O. The molecule has 3 heterocycles. The fourth-order valence-electron chi connectivity index (χ4n) is 3.05. The molecule has 1 aromatic heterocycles. The summed E-state index contributed by atoms with van der Waals surface area (Å²) < 4.78 is 7.55. The van der Waals surface area contributed by atoms with Crippen molar-refractivity contribution < 1.29 is 19.1 Å². The number of ether oxygens (including phenoxy) is 1. The highest BCUT2D eigenvalue weighted by molar-refractivity contribution is 6.08. The number of rotatable bonds is 4. The Morgan fingerprint density at radius 3 is 2.88 bits per heavy atom. The summed E-state index contributed by atoms with van der Waals surface area (Å²) in [6.07, 6.45) is 4.08. The summed E-state index contributed by atoms with van der Waals surface area (Å²) in [5.74, 6) is -0.637. The van der Waals surface area contributed by atoms with Crippen LogP contribution in [-0.4, -0.2) is 75.3 Å². The Labute approximate surface area is 145 Å². The quantitative estimate of drug-likeness (QED) is 0.762. The van der Waals surface area contributed by atoms with Crippen LogP contribution in [-0.2, 0) is 20.9 Å². The zero-order valence-electron chi connectivity index (χ0n) is 14.5. The van der Waals surface area contributed by atoms with Crippen LogP contribution in [0.2, 0.25) is 0 Å². The van der Waals surface area contributed by atoms with Gasteiger partial charge in [-0.2, -0.15) is 5.10 Å². The molecule has 9 nitrogen and oxygen atoms in total. The monoisotopic (exact) mass is 349 g/mol. The Hall–Kier alpha value is -2.42. The van der Waals surface area contributed by atoms with Crippen molar-refractivity contribution in [2.45, 2.75) is 38.5 Å². The van der Waals surface area contributed by atoms with Gasteiger partial charge in [0.05, 0.1) is 12.6 Å². The Balaban J connectivity index is 1.62. The first kappa shape index (κ1) is 17.4. The Bertz CT molecular complexity index is 657. The molecule has 0 aliphatic carbocycles. The Morgan fingerprint density at radius 2 is 2.24 bits per heavy atom. The van der Waals surface area contributed by atoms with Crippen molar-refractivity contribution in [2.24, 2.45) is 0 Å². The molecule has 0 spiro atoms. The predicted molar refractivity (Wildman–Crippen MR) is 87.5 cm³/mol. The first-order chi connectivity index (χ1) is 11.9. The molecule has 1 aromatic rings. The van der Waals surface area contributed by atoms with Crippen molar-refractivity contribution in [3.63, 3.8) is 0 Å². The summed E-state index contributed by atoms with van der Waals surface area (Å²) in [6.45, 7) is 5.06. The smallest absolute Gasteiger partial charge is 0.325 e. The van der Waals surface area contributed by atoms with Crippen LogP contribution in [0.15, 0.2) is 18.5 Å². The number of carbonyl (C=O) groups is 3. The maximum absolute atomic E-state index is 12.6. The number of hydrogen-bond donors (Lipinski definition) is 1. The van der Waals surface area contributed by atoms with Gasteiger partial charge in [0.2, 0.25) is 5.91 Å². The lowest BCUT2D eigenvalue weighted by Gasteiger charge is -2.25. The number of amides is 4. The normalized spacial score (nSPS) is 23.5. The molecular weight excluding hydrogens is 326 g/mol. The lowest BCUT2D eigenvalue weighted by Crippen LogP contribution is -2.46. The van der Waals surface area contributed by atoms with Crippen molar-refractivity contribution in [1.82, 2.24) is 24.9 Å². The van der Waals surface area contributed by atoms with Gasteiger partial charge in [-0.15, -0.1) is 0 Å². The minimum absolute atomic E-state index is 0.175. The molecule has 0 saturated carbocycles. The fourth-order valence-corrected chi connectivity index (χ4v) is 3.05. The molecule has 1 atom stereocenters. The first-order valence-corrected chi connectivity index (χ1v) is 8.38. The van der Waals surface area contributed by atoms with Gasteiger partial charge in [-0.3, -0.25) is 19.2 Å². The van der Waals surface area contributed by atoms with E-state index in [1.807, 2.05) is 12.3 Å². The van der Waals surface area contributed by atoms with E-state index >= 15 is 0 Å². The topological polar surface area (TPSA) is 96.8 Å². The number of hydrogen-bond acceptors (Lipinski definition) is 5. The van der Waals surface area contributed by atoms with Crippen LogP contribution in [0.25, 0.3) is 0 Å². The van der Waals surface area contributed by atoms with E-state index in [0.717, 1.165) is 4.90 Å². The van der Waals surface area contributed by atoms with E-state index in [9.17, 15) is 14.4 Å². The van der Waals surface area contributed by atoms with Crippen molar-refractivity contribution in [2.75, 3.05) is 26.2 Å². The number of aromatic nitrogens is 2. The second kappa shape index (κ2) is 6.83. The van der Waals surface area contributed by atoms with Gasteiger partial charge in [0.15, 0.2) is 0 Å². The third kappa shape index (κ3) is 3.81. The molecule has 1 unspecified atom stereocenters. The molecule has 2 fully saturated rings. The highest BCUT2D eigenvalue weighted by Gasteiger charge is 2.45. The van der Waals surface area contributed by atoms with Crippen LogP contribution in [0.3, 0.4) is 0 Å². The van der Waals surface area contributed by atoms with Gasteiger partial charge in [0, 0.05) is 32.1 Å². The minimum atomic E-state index is -0.970. The number of urea groups is 1. The molecule has 3 rings (SSSR count). The van der Waals surface area contributed by atoms with Crippen LogP contribution >= 0.6 is 0 Å². The molecule has 0 aromatic carbocycles. The van der Waals surface area contributed by atoms with Gasteiger partial charge >= 0.3 is 6.03 Å². The van der Waals surface area contributed by atoms with Crippen LogP contribution in [0.4, 0.5) is 4.79 Å². The average Bonchev–Trinajstić information content (AvgIpc) is 3.02. The average molecular weight is 349 g/mol. The van der Waals surface area contributed by atoms with Gasteiger partial charge in [-0.1, -0.05) is 0 Å². The third-order valence-electron chi connectivity index (χ3n) is 4.39. The van der Waals surface area contributed by atoms with Gasteiger partial charge in [0.1, 0.15) is 12.1 Å². The predicted octanol–water partition coefficient (Wildman–Crippen LogP) is -0.169. The second-order valence-corrected chi connectivity index (χ2v) is 6.86. The van der Waals surface area contributed by atoms with E-state index in [1.165, 1.54) is 0 Å². The first-order valence-electron chi connectivity index (χ1n) is 8.38. The molecule has 25 heavy (non-hydrogen) atoms. The van der Waals surface area contributed by atoms with Gasteiger partial charge in [-0.25, -0.2) is 4.79 Å². The van der Waals surface area contributed by atoms with Crippen LogP contribution in [0.5, 0.6) is 0 Å². The summed E-state index contributed by atoms with van der Waals surface area (Å²) in [5, 5.41) is 6.74. The standard InChI is InChI=1S/C16H23N5O4/c1-16(2)14(23)21(15(24)18-16)11-13(22)19-6-4-8-25-12(9-19)10-20-7-3-5-17-20/h3,5,7,12H,4,6,8-11H2,1-2H3,(H,18,24). The third-order valence-corrected chi connectivity index (χ3v) is 4.39. The molecule has 2 aliphatic heterocycles. The van der Waals surface area contributed by atoms with E-state index in [-0.39, 0.29) is 24.5 Å². The summed E-state index contributed by atoms with van der Waals surface area (Å²) in [5.41, 5.74) is -0.970.